The fraction of sp³-hybridized carbons (Fsp3) is 0.556. The van der Waals surface area contributed by atoms with Gasteiger partial charge >= 0.3 is 0 Å². The first-order valence-corrected chi connectivity index (χ1v) is 8.51. The standard InChI is InChI=1S/C18H24FN3O3/c1-20(2)11-16(23)21-8-6-18(7-9-21)13-22(17(24)12-25-18)15-5-3-4-14(19)10-15/h3-5,10H,6-9,11-13H2,1-2H3. The number of ether oxygens (including phenoxy) is 1. The van der Waals surface area contributed by atoms with Crippen molar-refractivity contribution in [2.24, 2.45) is 0 Å². The topological polar surface area (TPSA) is 53.1 Å². The number of carbonyl (C=O) groups excluding carboxylic acids is 2. The minimum atomic E-state index is -0.463. The lowest BCUT2D eigenvalue weighted by Crippen LogP contribution is -2.59. The highest BCUT2D eigenvalue weighted by atomic mass is 19.1. The van der Waals surface area contributed by atoms with Crippen LogP contribution < -0.4 is 4.90 Å². The number of likely N-dealkylation sites (N-methyl/N-ethyl adjacent to an activating group) is 1. The molecule has 1 aromatic rings. The summed E-state index contributed by atoms with van der Waals surface area (Å²) in [6.45, 7) is 1.99. The lowest BCUT2D eigenvalue weighted by Gasteiger charge is -2.47. The van der Waals surface area contributed by atoms with E-state index in [2.05, 4.69) is 0 Å². The van der Waals surface area contributed by atoms with Crippen molar-refractivity contribution in [3.05, 3.63) is 30.1 Å². The van der Waals surface area contributed by atoms with Gasteiger partial charge in [-0.15, -0.1) is 0 Å². The molecule has 25 heavy (non-hydrogen) atoms. The minimum absolute atomic E-state index is 0.0117. The zero-order valence-corrected chi connectivity index (χ0v) is 14.7. The molecule has 0 radical (unpaired) electrons. The Labute approximate surface area is 147 Å². The van der Waals surface area contributed by atoms with E-state index in [0.29, 0.717) is 44.7 Å². The van der Waals surface area contributed by atoms with Gasteiger partial charge in [-0.3, -0.25) is 9.59 Å². The quantitative estimate of drug-likeness (QED) is 0.820. The van der Waals surface area contributed by atoms with Gasteiger partial charge in [0.25, 0.3) is 5.91 Å². The van der Waals surface area contributed by atoms with E-state index in [9.17, 15) is 14.0 Å². The molecule has 7 heteroatoms. The summed E-state index contributed by atoms with van der Waals surface area (Å²) >= 11 is 0. The summed E-state index contributed by atoms with van der Waals surface area (Å²) in [6, 6.07) is 6.06. The van der Waals surface area contributed by atoms with Gasteiger partial charge in [0.2, 0.25) is 5.91 Å². The van der Waals surface area contributed by atoms with Crippen LogP contribution in [0.1, 0.15) is 12.8 Å². The molecule has 2 fully saturated rings. The van der Waals surface area contributed by atoms with E-state index in [4.69, 9.17) is 4.74 Å². The number of amides is 2. The van der Waals surface area contributed by atoms with Crippen LogP contribution in [0.3, 0.4) is 0 Å². The molecule has 0 aliphatic carbocycles. The van der Waals surface area contributed by atoms with E-state index in [1.165, 1.54) is 12.1 Å². The normalized spacial score (nSPS) is 20.4. The molecule has 2 amide bonds. The van der Waals surface area contributed by atoms with Crippen molar-refractivity contribution in [2.45, 2.75) is 18.4 Å². The van der Waals surface area contributed by atoms with E-state index in [1.54, 1.807) is 17.0 Å². The second kappa shape index (κ2) is 7.09. The number of hydrogen-bond donors (Lipinski definition) is 0. The predicted octanol–water partition coefficient (Wildman–Crippen LogP) is 1.11. The van der Waals surface area contributed by atoms with Gasteiger partial charge in [0.1, 0.15) is 12.4 Å². The molecule has 0 unspecified atom stereocenters. The Kier molecular flexibility index (Phi) is 5.06. The van der Waals surface area contributed by atoms with E-state index in [1.807, 2.05) is 23.9 Å². The maximum Gasteiger partial charge on any atom is 0.253 e. The smallest absolute Gasteiger partial charge is 0.253 e. The summed E-state index contributed by atoms with van der Waals surface area (Å²) < 4.78 is 19.4. The van der Waals surface area contributed by atoms with Gasteiger partial charge < -0.3 is 19.4 Å². The van der Waals surface area contributed by atoms with Crippen LogP contribution in [0.5, 0.6) is 0 Å². The van der Waals surface area contributed by atoms with Crippen LogP contribution in [0, 0.1) is 5.82 Å². The molecular formula is C18H24FN3O3. The van der Waals surface area contributed by atoms with Gasteiger partial charge in [0, 0.05) is 18.8 Å². The number of anilines is 1. The van der Waals surface area contributed by atoms with Gasteiger partial charge in [-0.2, -0.15) is 0 Å². The minimum Gasteiger partial charge on any atom is -0.363 e. The summed E-state index contributed by atoms with van der Waals surface area (Å²) in [6.07, 6.45) is 1.34. The molecule has 3 rings (SSSR count). The van der Waals surface area contributed by atoms with Crippen molar-refractivity contribution >= 4 is 17.5 Å². The molecular weight excluding hydrogens is 325 g/mol. The van der Waals surface area contributed by atoms with E-state index >= 15 is 0 Å². The summed E-state index contributed by atoms with van der Waals surface area (Å²) in [7, 11) is 3.74. The Morgan fingerprint density at radius 2 is 2.04 bits per heavy atom. The summed E-state index contributed by atoms with van der Waals surface area (Å²) in [5.74, 6) is -0.425. The third-order valence-electron chi connectivity index (χ3n) is 4.85. The van der Waals surface area contributed by atoms with Gasteiger partial charge in [-0.1, -0.05) is 6.07 Å². The molecule has 2 heterocycles. The maximum absolute atomic E-state index is 13.5. The zero-order chi connectivity index (χ0) is 18.0. The van der Waals surface area contributed by atoms with Crippen LogP contribution in [0.4, 0.5) is 10.1 Å². The van der Waals surface area contributed by atoms with Crippen LogP contribution in [0.2, 0.25) is 0 Å². The lowest BCUT2D eigenvalue weighted by molar-refractivity contribution is -0.150. The van der Waals surface area contributed by atoms with E-state index < -0.39 is 5.60 Å². The number of rotatable bonds is 3. The third kappa shape index (κ3) is 3.99. The Morgan fingerprint density at radius 3 is 2.68 bits per heavy atom. The molecule has 0 N–H and O–H groups in total. The number of morpholine rings is 1. The van der Waals surface area contributed by atoms with Crippen LogP contribution >= 0.6 is 0 Å². The Balaban J connectivity index is 1.67. The van der Waals surface area contributed by atoms with Crippen molar-refractivity contribution in [1.82, 2.24) is 9.80 Å². The first-order valence-electron chi connectivity index (χ1n) is 8.51. The summed E-state index contributed by atoms with van der Waals surface area (Å²) in [5.41, 5.74) is 0.0913. The van der Waals surface area contributed by atoms with Gasteiger partial charge in [-0.25, -0.2) is 4.39 Å². The number of hydrogen-bond acceptors (Lipinski definition) is 4. The number of carbonyl (C=O) groups is 2. The Bertz CT molecular complexity index is 657. The van der Waals surface area contributed by atoms with Crippen molar-refractivity contribution in [3.8, 4) is 0 Å². The first-order chi connectivity index (χ1) is 11.9. The number of benzene rings is 1. The third-order valence-corrected chi connectivity index (χ3v) is 4.85. The molecule has 0 saturated carbocycles. The van der Waals surface area contributed by atoms with Crippen molar-refractivity contribution in [2.75, 3.05) is 51.8 Å². The fourth-order valence-electron chi connectivity index (χ4n) is 3.43. The Morgan fingerprint density at radius 1 is 1.32 bits per heavy atom. The molecule has 136 valence electrons. The highest BCUT2D eigenvalue weighted by Crippen LogP contribution is 2.33. The largest absolute Gasteiger partial charge is 0.363 e. The van der Waals surface area contributed by atoms with Gasteiger partial charge in [0.15, 0.2) is 0 Å². The molecule has 0 atom stereocenters. The number of piperidine rings is 1. The Hall–Kier alpha value is -1.99. The molecule has 2 aliphatic heterocycles. The molecule has 1 aromatic carbocycles. The average Bonchev–Trinajstić information content (AvgIpc) is 2.57. The maximum atomic E-state index is 13.5. The number of nitrogens with zero attached hydrogens (tertiary/aromatic N) is 3. The van der Waals surface area contributed by atoms with Crippen LogP contribution in [-0.4, -0.2) is 74.1 Å². The van der Waals surface area contributed by atoms with Crippen molar-refractivity contribution in [1.29, 1.82) is 0 Å². The average molecular weight is 349 g/mol. The molecule has 1 spiro atoms. The van der Waals surface area contributed by atoms with Crippen molar-refractivity contribution < 1.29 is 18.7 Å². The SMILES string of the molecule is CN(C)CC(=O)N1CCC2(CC1)CN(c1cccc(F)c1)C(=O)CO2. The summed E-state index contributed by atoms with van der Waals surface area (Å²) in [5, 5.41) is 0. The van der Waals surface area contributed by atoms with Gasteiger partial charge in [-0.05, 0) is 45.1 Å². The van der Waals surface area contributed by atoms with Crippen LogP contribution in [0.15, 0.2) is 24.3 Å². The lowest BCUT2D eigenvalue weighted by atomic mass is 9.89. The highest BCUT2D eigenvalue weighted by molar-refractivity contribution is 5.95. The van der Waals surface area contributed by atoms with E-state index in [-0.39, 0.29) is 24.2 Å². The number of likely N-dealkylation sites (tertiary alicyclic amines) is 1. The molecule has 0 bridgehead atoms. The monoisotopic (exact) mass is 349 g/mol. The fourth-order valence-corrected chi connectivity index (χ4v) is 3.43. The second-order valence-corrected chi connectivity index (χ2v) is 7.05. The number of halogens is 1. The predicted molar refractivity (Wildman–Crippen MR) is 91.8 cm³/mol. The second-order valence-electron chi connectivity index (χ2n) is 7.05. The van der Waals surface area contributed by atoms with Gasteiger partial charge in [0.05, 0.1) is 18.7 Å². The molecule has 6 nitrogen and oxygen atoms in total. The highest BCUT2D eigenvalue weighted by Gasteiger charge is 2.43. The van der Waals surface area contributed by atoms with Crippen LogP contribution in [0.25, 0.3) is 0 Å². The van der Waals surface area contributed by atoms with E-state index in [0.717, 1.165) is 0 Å². The molecule has 2 aliphatic rings. The summed E-state index contributed by atoms with van der Waals surface area (Å²) in [4.78, 5) is 29.7. The van der Waals surface area contributed by atoms with Crippen LogP contribution in [-0.2, 0) is 14.3 Å². The zero-order valence-electron chi connectivity index (χ0n) is 14.7. The van der Waals surface area contributed by atoms with Crippen molar-refractivity contribution in [3.63, 3.8) is 0 Å². The molecule has 0 aromatic heterocycles. The first kappa shape index (κ1) is 17.8. The molecule has 2 saturated heterocycles.